The topological polar surface area (TPSA) is 60.6 Å². The highest BCUT2D eigenvalue weighted by atomic mass is 32.1. The molecular weight excluding hydrogens is 432 g/mol. The molecule has 0 amide bonds. The number of rotatable bonds is 7. The highest BCUT2D eigenvalue weighted by Gasteiger charge is 2.16. The maximum atomic E-state index is 12.9. The minimum atomic E-state index is -0.0635. The minimum Gasteiger partial charge on any atom is -0.379 e. The summed E-state index contributed by atoms with van der Waals surface area (Å²) in [5, 5.41) is 5.01. The lowest BCUT2D eigenvalue weighted by atomic mass is 10.0. The van der Waals surface area contributed by atoms with Gasteiger partial charge in [0.2, 0.25) is 0 Å². The van der Waals surface area contributed by atoms with Gasteiger partial charge in [0, 0.05) is 42.9 Å². The van der Waals surface area contributed by atoms with E-state index in [4.69, 9.17) is 17.0 Å². The largest absolute Gasteiger partial charge is 0.379 e. The van der Waals surface area contributed by atoms with Crippen molar-refractivity contribution < 1.29 is 4.74 Å². The van der Waals surface area contributed by atoms with Crippen LogP contribution in [0.25, 0.3) is 10.9 Å². The van der Waals surface area contributed by atoms with Crippen LogP contribution in [-0.2, 0) is 11.3 Å². The number of hydrogen-bond donors (Lipinski definition) is 2. The summed E-state index contributed by atoms with van der Waals surface area (Å²) in [5.41, 5.74) is 4.85. The molecule has 33 heavy (non-hydrogen) atoms. The van der Waals surface area contributed by atoms with Crippen LogP contribution in [0.3, 0.4) is 0 Å². The maximum Gasteiger partial charge on any atom is 0.253 e. The van der Waals surface area contributed by atoms with Crippen molar-refractivity contribution in [3.8, 4) is 0 Å². The number of benzene rings is 2. The molecule has 1 fully saturated rings. The number of pyridine rings is 1. The Balaban J connectivity index is 1.52. The van der Waals surface area contributed by atoms with E-state index in [1.54, 1.807) is 0 Å². The van der Waals surface area contributed by atoms with E-state index in [0.29, 0.717) is 17.2 Å². The summed E-state index contributed by atoms with van der Waals surface area (Å²) in [7, 11) is 0. The van der Waals surface area contributed by atoms with Gasteiger partial charge in [0.1, 0.15) is 0 Å². The number of anilines is 1. The molecule has 4 rings (SSSR count). The van der Waals surface area contributed by atoms with Gasteiger partial charge in [-0.2, -0.15) is 0 Å². The second-order valence-electron chi connectivity index (χ2n) is 8.67. The van der Waals surface area contributed by atoms with Gasteiger partial charge >= 0.3 is 0 Å². The number of fused-ring (bicyclic) bond motifs is 1. The number of aromatic nitrogens is 1. The molecule has 1 saturated heterocycles. The summed E-state index contributed by atoms with van der Waals surface area (Å²) in [5.74, 6) is 0. The Kier molecular flexibility index (Phi) is 7.75. The SMILES string of the molecule is Cc1cc2cc(CN(CCCN3CCOCC3)C(=S)Nc3ccccc3)c(=O)[nH]c2cc1C. The first-order valence-electron chi connectivity index (χ1n) is 11.5. The molecule has 1 aromatic heterocycles. The Hall–Kier alpha value is -2.74. The highest BCUT2D eigenvalue weighted by molar-refractivity contribution is 7.80. The molecule has 1 aliphatic heterocycles. The van der Waals surface area contributed by atoms with Crippen LogP contribution in [0.2, 0.25) is 0 Å². The summed E-state index contributed by atoms with van der Waals surface area (Å²) in [6.45, 7) is 9.89. The first-order valence-corrected chi connectivity index (χ1v) is 11.9. The summed E-state index contributed by atoms with van der Waals surface area (Å²) in [4.78, 5) is 20.5. The molecule has 2 N–H and O–H groups in total. The Morgan fingerprint density at radius 2 is 1.85 bits per heavy atom. The lowest BCUT2D eigenvalue weighted by Gasteiger charge is -2.29. The molecule has 6 nitrogen and oxygen atoms in total. The van der Waals surface area contributed by atoms with Crippen molar-refractivity contribution in [3.05, 3.63) is 75.6 Å². The van der Waals surface area contributed by atoms with Crippen LogP contribution in [0.1, 0.15) is 23.1 Å². The van der Waals surface area contributed by atoms with Crippen LogP contribution in [0.5, 0.6) is 0 Å². The fourth-order valence-electron chi connectivity index (χ4n) is 4.13. The number of ether oxygens (including phenoxy) is 1. The van der Waals surface area contributed by atoms with Crippen LogP contribution >= 0.6 is 12.2 Å². The van der Waals surface area contributed by atoms with E-state index >= 15 is 0 Å². The fraction of sp³-hybridized carbons (Fsp3) is 0.385. The quantitative estimate of drug-likeness (QED) is 0.514. The van der Waals surface area contributed by atoms with Crippen LogP contribution in [-0.4, -0.2) is 59.3 Å². The summed E-state index contributed by atoms with van der Waals surface area (Å²) < 4.78 is 5.45. The van der Waals surface area contributed by atoms with Gasteiger partial charge in [-0.1, -0.05) is 18.2 Å². The molecule has 2 heterocycles. The molecule has 0 aliphatic carbocycles. The zero-order valence-corrected chi connectivity index (χ0v) is 20.2. The molecule has 0 unspecified atom stereocenters. The van der Waals surface area contributed by atoms with Crippen molar-refractivity contribution >= 4 is 33.9 Å². The number of aryl methyl sites for hydroxylation is 2. The van der Waals surface area contributed by atoms with Crippen molar-refractivity contribution in [2.75, 3.05) is 44.7 Å². The van der Waals surface area contributed by atoms with Gasteiger partial charge < -0.3 is 19.9 Å². The van der Waals surface area contributed by atoms with Crippen molar-refractivity contribution in [1.29, 1.82) is 0 Å². The third-order valence-electron chi connectivity index (χ3n) is 6.22. The predicted molar refractivity (Wildman–Crippen MR) is 139 cm³/mol. The van der Waals surface area contributed by atoms with Crippen molar-refractivity contribution in [1.82, 2.24) is 14.8 Å². The molecule has 0 radical (unpaired) electrons. The first-order chi connectivity index (χ1) is 16.0. The Labute approximate surface area is 200 Å². The fourth-order valence-corrected chi connectivity index (χ4v) is 4.41. The standard InChI is InChI=1S/C26H32N4O2S/c1-19-15-21-17-22(25(31)28-24(21)16-20(19)2)18-30(10-6-9-29-11-13-32-14-12-29)26(33)27-23-7-4-3-5-8-23/h3-5,7-8,15-17H,6,9-14,18H2,1-2H3,(H,27,33)(H,28,31). The minimum absolute atomic E-state index is 0.0635. The molecule has 0 saturated carbocycles. The van der Waals surface area contributed by atoms with Crippen molar-refractivity contribution in [2.45, 2.75) is 26.8 Å². The Morgan fingerprint density at radius 3 is 2.61 bits per heavy atom. The zero-order valence-electron chi connectivity index (χ0n) is 19.4. The third kappa shape index (κ3) is 6.19. The zero-order chi connectivity index (χ0) is 23.2. The van der Waals surface area contributed by atoms with Gasteiger partial charge in [-0.3, -0.25) is 9.69 Å². The summed E-state index contributed by atoms with van der Waals surface area (Å²) >= 11 is 5.77. The highest BCUT2D eigenvalue weighted by Crippen LogP contribution is 2.18. The average molecular weight is 465 g/mol. The lowest BCUT2D eigenvalue weighted by Crippen LogP contribution is -2.40. The number of para-hydroxylation sites is 1. The molecule has 1 aliphatic rings. The molecule has 174 valence electrons. The van der Waals surface area contributed by atoms with Gasteiger partial charge in [-0.15, -0.1) is 0 Å². The van der Waals surface area contributed by atoms with E-state index in [9.17, 15) is 4.79 Å². The molecule has 2 aromatic carbocycles. The van der Waals surface area contributed by atoms with E-state index in [-0.39, 0.29) is 5.56 Å². The number of nitrogens with zero attached hydrogens (tertiary/aromatic N) is 2. The predicted octanol–water partition coefficient (Wildman–Crippen LogP) is 4.07. The van der Waals surface area contributed by atoms with E-state index in [1.165, 1.54) is 11.1 Å². The van der Waals surface area contributed by atoms with Gasteiger partial charge in [0.05, 0.1) is 19.8 Å². The normalized spacial score (nSPS) is 14.4. The molecule has 0 bridgehead atoms. The van der Waals surface area contributed by atoms with E-state index < -0.39 is 0 Å². The van der Waals surface area contributed by atoms with Crippen LogP contribution in [0.4, 0.5) is 5.69 Å². The van der Waals surface area contributed by atoms with Crippen LogP contribution in [0.15, 0.2) is 53.3 Å². The second kappa shape index (κ2) is 10.9. The number of H-pyrrole nitrogens is 1. The van der Waals surface area contributed by atoms with Crippen molar-refractivity contribution in [2.24, 2.45) is 0 Å². The van der Waals surface area contributed by atoms with E-state index in [2.05, 4.69) is 40.0 Å². The number of hydrogen-bond acceptors (Lipinski definition) is 4. The van der Waals surface area contributed by atoms with Gasteiger partial charge in [0.25, 0.3) is 5.56 Å². The maximum absolute atomic E-state index is 12.9. The van der Waals surface area contributed by atoms with E-state index in [1.807, 2.05) is 42.5 Å². The summed E-state index contributed by atoms with van der Waals surface area (Å²) in [6.07, 6.45) is 0.959. The van der Waals surface area contributed by atoms with E-state index in [0.717, 1.165) is 62.4 Å². The average Bonchev–Trinajstić information content (AvgIpc) is 2.81. The van der Waals surface area contributed by atoms with Gasteiger partial charge in [0.15, 0.2) is 5.11 Å². The number of nitrogens with one attached hydrogen (secondary N) is 2. The smallest absolute Gasteiger partial charge is 0.253 e. The summed E-state index contributed by atoms with van der Waals surface area (Å²) in [6, 6.07) is 16.1. The molecule has 0 atom stereocenters. The molecule has 3 aromatic rings. The van der Waals surface area contributed by atoms with Crippen LogP contribution < -0.4 is 10.9 Å². The molecular formula is C26H32N4O2S. The van der Waals surface area contributed by atoms with Crippen molar-refractivity contribution in [3.63, 3.8) is 0 Å². The Bertz CT molecular complexity index is 1160. The first kappa shape index (κ1) is 23.4. The number of morpholine rings is 1. The van der Waals surface area contributed by atoms with Crippen LogP contribution in [0, 0.1) is 13.8 Å². The van der Waals surface area contributed by atoms with Gasteiger partial charge in [-0.25, -0.2) is 0 Å². The number of aromatic amines is 1. The monoisotopic (exact) mass is 464 g/mol. The van der Waals surface area contributed by atoms with Gasteiger partial charge in [-0.05, 0) is 79.3 Å². The molecule has 7 heteroatoms. The lowest BCUT2D eigenvalue weighted by molar-refractivity contribution is 0.0367. The Morgan fingerprint density at radius 1 is 1.12 bits per heavy atom. The number of thiocarbonyl (C=S) groups is 1. The third-order valence-corrected chi connectivity index (χ3v) is 6.58. The molecule has 0 spiro atoms. The second-order valence-corrected chi connectivity index (χ2v) is 9.06.